The maximum Gasteiger partial charge on any atom is 0.407 e. The standard InChI is InChI=1S/C13H16N4O3/c1-2-20-13(19)14-8-7-11(18)17-12-15-9-5-3-4-6-10(9)16-12/h3-6H,2,7-8H2,1H3,(H,14,19)(H2,15,16,17,18). The van der Waals surface area contributed by atoms with Crippen LogP contribution in [0, 0.1) is 0 Å². The summed E-state index contributed by atoms with van der Waals surface area (Å²) in [5.41, 5.74) is 1.64. The molecule has 0 saturated heterocycles. The Morgan fingerprint density at radius 2 is 2.15 bits per heavy atom. The number of carbonyl (C=O) groups excluding carboxylic acids is 2. The van der Waals surface area contributed by atoms with Gasteiger partial charge >= 0.3 is 6.09 Å². The van der Waals surface area contributed by atoms with Gasteiger partial charge in [0, 0.05) is 13.0 Å². The van der Waals surface area contributed by atoms with E-state index in [9.17, 15) is 9.59 Å². The molecule has 7 heteroatoms. The fourth-order valence-corrected chi connectivity index (χ4v) is 1.67. The Balaban J connectivity index is 1.81. The van der Waals surface area contributed by atoms with Crippen LogP contribution in [0.3, 0.4) is 0 Å². The van der Waals surface area contributed by atoms with E-state index in [4.69, 9.17) is 0 Å². The van der Waals surface area contributed by atoms with Gasteiger partial charge in [0.25, 0.3) is 0 Å². The summed E-state index contributed by atoms with van der Waals surface area (Å²) in [6.07, 6.45) is -0.375. The molecule has 0 bridgehead atoms. The summed E-state index contributed by atoms with van der Waals surface area (Å²) < 4.78 is 4.68. The number of benzene rings is 1. The van der Waals surface area contributed by atoms with Gasteiger partial charge in [-0.15, -0.1) is 0 Å². The largest absolute Gasteiger partial charge is 0.450 e. The molecule has 1 aromatic heterocycles. The summed E-state index contributed by atoms with van der Waals surface area (Å²) in [5.74, 6) is 0.160. The molecule has 2 aromatic rings. The number of hydrogen-bond donors (Lipinski definition) is 3. The molecule has 0 fully saturated rings. The van der Waals surface area contributed by atoms with Crippen molar-refractivity contribution in [2.24, 2.45) is 0 Å². The van der Waals surface area contributed by atoms with Crippen LogP contribution < -0.4 is 10.6 Å². The highest BCUT2D eigenvalue weighted by molar-refractivity contribution is 5.91. The second-order valence-corrected chi connectivity index (χ2v) is 4.05. The van der Waals surface area contributed by atoms with Gasteiger partial charge in [-0.25, -0.2) is 9.78 Å². The van der Waals surface area contributed by atoms with Crippen molar-refractivity contribution >= 4 is 29.0 Å². The number of nitrogens with one attached hydrogen (secondary N) is 3. The number of hydrogen-bond acceptors (Lipinski definition) is 4. The number of aromatic nitrogens is 2. The smallest absolute Gasteiger partial charge is 0.407 e. The number of amides is 2. The number of fused-ring (bicyclic) bond motifs is 1. The third kappa shape index (κ3) is 3.71. The molecule has 3 N–H and O–H groups in total. The van der Waals surface area contributed by atoms with Crippen LogP contribution in [-0.4, -0.2) is 35.1 Å². The van der Waals surface area contributed by atoms with Gasteiger partial charge in [-0.2, -0.15) is 0 Å². The first-order valence-corrected chi connectivity index (χ1v) is 6.34. The van der Waals surface area contributed by atoms with Crippen molar-refractivity contribution in [1.82, 2.24) is 15.3 Å². The minimum absolute atomic E-state index is 0.149. The SMILES string of the molecule is CCOC(=O)NCCC(=O)Nc1nc2ccccc2[nH]1. The average molecular weight is 276 g/mol. The van der Waals surface area contributed by atoms with Crippen LogP contribution in [-0.2, 0) is 9.53 Å². The van der Waals surface area contributed by atoms with E-state index >= 15 is 0 Å². The molecule has 106 valence electrons. The molecular formula is C13H16N4O3. The molecule has 0 spiro atoms. The van der Waals surface area contributed by atoms with Gasteiger partial charge in [0.15, 0.2) is 0 Å². The highest BCUT2D eigenvalue weighted by Gasteiger charge is 2.07. The predicted octanol–water partition coefficient (Wildman–Crippen LogP) is 1.64. The number of nitrogens with zero attached hydrogens (tertiary/aromatic N) is 1. The van der Waals surface area contributed by atoms with E-state index in [1.165, 1.54) is 0 Å². The van der Waals surface area contributed by atoms with Gasteiger partial charge in [-0.1, -0.05) is 12.1 Å². The van der Waals surface area contributed by atoms with Gasteiger partial charge in [0.2, 0.25) is 11.9 Å². The summed E-state index contributed by atoms with van der Waals surface area (Å²) in [7, 11) is 0. The van der Waals surface area contributed by atoms with Crippen LogP contribution >= 0.6 is 0 Å². The zero-order valence-electron chi connectivity index (χ0n) is 11.1. The summed E-state index contributed by atoms with van der Waals surface area (Å²) >= 11 is 0. The lowest BCUT2D eigenvalue weighted by atomic mass is 10.3. The van der Waals surface area contributed by atoms with Crippen LogP contribution in [0.15, 0.2) is 24.3 Å². The summed E-state index contributed by atoms with van der Waals surface area (Å²) in [6, 6.07) is 7.48. The lowest BCUT2D eigenvalue weighted by Gasteiger charge is -2.04. The maximum atomic E-state index is 11.7. The molecule has 0 saturated carbocycles. The normalized spacial score (nSPS) is 10.2. The number of anilines is 1. The first-order valence-electron chi connectivity index (χ1n) is 6.34. The van der Waals surface area contributed by atoms with Crippen LogP contribution in [0.25, 0.3) is 11.0 Å². The minimum atomic E-state index is -0.524. The average Bonchev–Trinajstić information content (AvgIpc) is 2.80. The van der Waals surface area contributed by atoms with E-state index in [1.54, 1.807) is 6.92 Å². The summed E-state index contributed by atoms with van der Waals surface area (Å²) in [5, 5.41) is 5.11. The molecule has 0 atom stereocenters. The molecule has 1 heterocycles. The highest BCUT2D eigenvalue weighted by Crippen LogP contribution is 2.13. The van der Waals surface area contributed by atoms with Crippen molar-refractivity contribution in [3.8, 4) is 0 Å². The van der Waals surface area contributed by atoms with Gasteiger partial charge in [0.1, 0.15) is 0 Å². The van der Waals surface area contributed by atoms with E-state index in [0.29, 0.717) is 12.6 Å². The first-order chi connectivity index (χ1) is 9.69. The van der Waals surface area contributed by atoms with E-state index < -0.39 is 6.09 Å². The minimum Gasteiger partial charge on any atom is -0.450 e. The molecule has 0 aliphatic rings. The Hall–Kier alpha value is -2.57. The van der Waals surface area contributed by atoms with Gasteiger partial charge < -0.3 is 15.0 Å². The van der Waals surface area contributed by atoms with Crippen molar-refractivity contribution in [2.45, 2.75) is 13.3 Å². The van der Waals surface area contributed by atoms with E-state index in [-0.39, 0.29) is 18.9 Å². The van der Waals surface area contributed by atoms with E-state index in [1.807, 2.05) is 24.3 Å². The Kier molecular flexibility index (Phi) is 4.54. The molecular weight excluding hydrogens is 260 g/mol. The van der Waals surface area contributed by atoms with Crippen LogP contribution in [0.2, 0.25) is 0 Å². The van der Waals surface area contributed by atoms with Crippen molar-refractivity contribution in [1.29, 1.82) is 0 Å². The molecule has 20 heavy (non-hydrogen) atoms. The lowest BCUT2D eigenvalue weighted by Crippen LogP contribution is -2.28. The highest BCUT2D eigenvalue weighted by atomic mass is 16.5. The molecule has 0 aliphatic carbocycles. The fourth-order valence-electron chi connectivity index (χ4n) is 1.67. The molecule has 1 aromatic carbocycles. The molecule has 2 rings (SSSR count). The van der Waals surface area contributed by atoms with Crippen molar-refractivity contribution in [3.63, 3.8) is 0 Å². The van der Waals surface area contributed by atoms with Gasteiger partial charge in [0.05, 0.1) is 17.6 Å². The molecule has 0 radical (unpaired) electrons. The topological polar surface area (TPSA) is 96.1 Å². The zero-order valence-corrected chi connectivity index (χ0v) is 11.1. The first kappa shape index (κ1) is 13.9. The Morgan fingerprint density at radius 1 is 1.35 bits per heavy atom. The molecule has 0 aliphatic heterocycles. The van der Waals surface area contributed by atoms with Crippen molar-refractivity contribution in [3.05, 3.63) is 24.3 Å². The zero-order chi connectivity index (χ0) is 14.4. The Bertz CT molecular complexity index is 575. The number of carbonyl (C=O) groups is 2. The summed E-state index contributed by atoms with van der Waals surface area (Å²) in [4.78, 5) is 29.9. The lowest BCUT2D eigenvalue weighted by molar-refractivity contribution is -0.116. The number of para-hydroxylation sites is 2. The molecule has 2 amide bonds. The Labute approximate surface area is 115 Å². The number of aromatic amines is 1. The van der Waals surface area contributed by atoms with Gasteiger partial charge in [-0.05, 0) is 19.1 Å². The predicted molar refractivity (Wildman–Crippen MR) is 74.4 cm³/mol. The third-order valence-electron chi connectivity index (χ3n) is 2.54. The number of imidazole rings is 1. The number of H-pyrrole nitrogens is 1. The van der Waals surface area contributed by atoms with E-state index in [0.717, 1.165) is 11.0 Å². The van der Waals surface area contributed by atoms with E-state index in [2.05, 4.69) is 25.3 Å². The van der Waals surface area contributed by atoms with Crippen molar-refractivity contribution < 1.29 is 14.3 Å². The number of alkyl carbamates (subject to hydrolysis) is 1. The quantitative estimate of drug-likeness (QED) is 0.773. The van der Waals surface area contributed by atoms with Crippen LogP contribution in [0.5, 0.6) is 0 Å². The monoisotopic (exact) mass is 276 g/mol. The second-order valence-electron chi connectivity index (χ2n) is 4.05. The number of ether oxygens (including phenoxy) is 1. The summed E-state index contributed by atoms with van der Waals surface area (Å²) in [6.45, 7) is 2.23. The number of rotatable bonds is 5. The van der Waals surface area contributed by atoms with Crippen molar-refractivity contribution in [2.75, 3.05) is 18.5 Å². The second kappa shape index (κ2) is 6.55. The maximum absolute atomic E-state index is 11.7. The van der Waals surface area contributed by atoms with Crippen LogP contribution in [0.4, 0.5) is 10.7 Å². The van der Waals surface area contributed by atoms with Crippen LogP contribution in [0.1, 0.15) is 13.3 Å². The molecule has 0 unspecified atom stereocenters. The third-order valence-corrected chi connectivity index (χ3v) is 2.54. The fraction of sp³-hybridized carbons (Fsp3) is 0.308. The molecule has 7 nitrogen and oxygen atoms in total. The van der Waals surface area contributed by atoms with Gasteiger partial charge in [-0.3, -0.25) is 10.1 Å². The Morgan fingerprint density at radius 3 is 2.90 bits per heavy atom.